The molecule has 2 rings (SSSR count). The van der Waals surface area contributed by atoms with Crippen LogP contribution >= 0.6 is 24.0 Å². The molecule has 1 aromatic rings. The van der Waals surface area contributed by atoms with Crippen molar-refractivity contribution in [1.29, 1.82) is 5.26 Å². The van der Waals surface area contributed by atoms with Crippen LogP contribution in [0.2, 0.25) is 0 Å². The second-order valence-electron chi connectivity index (χ2n) is 3.38. The monoisotopic (exact) mass is 239 g/mol. The van der Waals surface area contributed by atoms with Gasteiger partial charge in [0, 0.05) is 13.0 Å². The molecule has 15 heavy (non-hydrogen) atoms. The van der Waals surface area contributed by atoms with E-state index < -0.39 is 0 Å². The number of hydrogen-bond donors (Lipinski definition) is 1. The molecule has 1 saturated heterocycles. The lowest BCUT2D eigenvalue weighted by atomic mass is 10.1. The number of rotatable bonds is 2. The average molecular weight is 239 g/mol. The predicted octanol–water partition coefficient (Wildman–Crippen LogP) is 1.30. The molecule has 0 saturated carbocycles. The topological polar surface area (TPSA) is 57.0 Å². The molecule has 0 aliphatic carbocycles. The summed E-state index contributed by atoms with van der Waals surface area (Å²) < 4.78 is 0. The summed E-state index contributed by atoms with van der Waals surface area (Å²) in [6.07, 6.45) is 2.03. The molecule has 2 heterocycles. The smallest absolute Gasteiger partial charge is 0.229 e. The minimum Gasteiger partial charge on any atom is -0.288 e. The third-order valence-corrected chi connectivity index (χ3v) is 3.74. The summed E-state index contributed by atoms with van der Waals surface area (Å²) in [6, 6.07) is 2.01. The van der Waals surface area contributed by atoms with Crippen LogP contribution < -0.4 is 4.90 Å². The number of carbonyl (C=O) groups excluding carboxylic acids is 1. The highest BCUT2D eigenvalue weighted by molar-refractivity contribution is 7.80. The number of nitriles is 1. The van der Waals surface area contributed by atoms with E-state index in [0.29, 0.717) is 34.6 Å². The summed E-state index contributed by atoms with van der Waals surface area (Å²) in [6.45, 7) is 0.667. The zero-order chi connectivity index (χ0) is 10.8. The highest BCUT2D eigenvalue weighted by atomic mass is 32.1. The van der Waals surface area contributed by atoms with E-state index in [0.717, 1.165) is 0 Å². The maximum Gasteiger partial charge on any atom is 0.229 e. The number of hydrogen-bond acceptors (Lipinski definition) is 5. The van der Waals surface area contributed by atoms with Crippen LogP contribution in [0.3, 0.4) is 0 Å². The minimum absolute atomic E-state index is 0.0767. The first kappa shape index (κ1) is 10.5. The third kappa shape index (κ3) is 1.98. The Morgan fingerprint density at radius 1 is 1.80 bits per heavy atom. The number of anilines is 1. The molecule has 1 aliphatic heterocycles. The molecule has 0 aromatic carbocycles. The van der Waals surface area contributed by atoms with Crippen LogP contribution in [0, 0.1) is 17.2 Å². The van der Waals surface area contributed by atoms with Crippen molar-refractivity contribution in [1.82, 2.24) is 4.98 Å². The number of nitrogens with zero attached hydrogens (tertiary/aromatic N) is 3. The fourth-order valence-electron chi connectivity index (χ4n) is 1.53. The first-order chi connectivity index (χ1) is 7.24. The SMILES string of the molecule is N#Cc1cnc(N2CC(CS)CC2=O)s1. The Morgan fingerprint density at radius 2 is 2.60 bits per heavy atom. The van der Waals surface area contributed by atoms with Gasteiger partial charge in [-0.05, 0) is 11.7 Å². The molecule has 78 valence electrons. The molecule has 0 N–H and O–H groups in total. The maximum absolute atomic E-state index is 11.6. The van der Waals surface area contributed by atoms with Crippen LogP contribution in [0.25, 0.3) is 0 Å². The largest absolute Gasteiger partial charge is 0.288 e. The van der Waals surface area contributed by atoms with Crippen molar-refractivity contribution in [3.8, 4) is 6.07 Å². The fraction of sp³-hybridized carbons (Fsp3) is 0.444. The molecule has 4 nitrogen and oxygen atoms in total. The molecule has 0 radical (unpaired) electrons. The zero-order valence-electron chi connectivity index (χ0n) is 7.88. The van der Waals surface area contributed by atoms with E-state index in [-0.39, 0.29) is 5.91 Å². The molecule has 1 amide bonds. The summed E-state index contributed by atoms with van der Waals surface area (Å²) in [7, 11) is 0. The summed E-state index contributed by atoms with van der Waals surface area (Å²) in [4.78, 5) is 17.9. The standard InChI is InChI=1S/C9H9N3OS2/c10-2-7-3-11-9(15-7)12-4-6(5-14)1-8(12)13/h3,6,14H,1,4-5H2. The third-order valence-electron chi connectivity index (χ3n) is 2.30. The summed E-state index contributed by atoms with van der Waals surface area (Å²) in [5.74, 6) is 1.08. The molecule has 1 aromatic heterocycles. The van der Waals surface area contributed by atoms with Crippen LogP contribution in [-0.4, -0.2) is 23.2 Å². The lowest BCUT2D eigenvalue weighted by Gasteiger charge is -2.11. The van der Waals surface area contributed by atoms with Crippen molar-refractivity contribution in [3.63, 3.8) is 0 Å². The van der Waals surface area contributed by atoms with Gasteiger partial charge in [0.05, 0.1) is 6.20 Å². The number of carbonyl (C=O) groups is 1. The molecule has 6 heteroatoms. The van der Waals surface area contributed by atoms with Crippen molar-refractivity contribution >= 4 is 35.0 Å². The van der Waals surface area contributed by atoms with Gasteiger partial charge in [-0.3, -0.25) is 9.69 Å². The van der Waals surface area contributed by atoms with Gasteiger partial charge in [0.2, 0.25) is 5.91 Å². The number of thiazole rings is 1. The van der Waals surface area contributed by atoms with Crippen LogP contribution in [-0.2, 0) is 4.79 Å². The van der Waals surface area contributed by atoms with Gasteiger partial charge in [0.15, 0.2) is 5.13 Å². The first-order valence-corrected chi connectivity index (χ1v) is 5.96. The van der Waals surface area contributed by atoms with Gasteiger partial charge in [-0.1, -0.05) is 11.3 Å². The number of thiol groups is 1. The second-order valence-corrected chi connectivity index (χ2v) is 4.75. The highest BCUT2D eigenvalue weighted by Gasteiger charge is 2.31. The van der Waals surface area contributed by atoms with E-state index in [1.165, 1.54) is 17.5 Å². The average Bonchev–Trinajstić information content (AvgIpc) is 2.83. The second kappa shape index (κ2) is 4.21. The van der Waals surface area contributed by atoms with Crippen LogP contribution in [0.1, 0.15) is 11.3 Å². The lowest BCUT2D eigenvalue weighted by Crippen LogP contribution is -2.24. The Balaban J connectivity index is 2.18. The molecule has 0 bridgehead atoms. The molecular formula is C9H9N3OS2. The van der Waals surface area contributed by atoms with E-state index in [1.54, 1.807) is 4.90 Å². The van der Waals surface area contributed by atoms with Gasteiger partial charge in [-0.25, -0.2) is 4.98 Å². The maximum atomic E-state index is 11.6. The van der Waals surface area contributed by atoms with Gasteiger partial charge in [-0.2, -0.15) is 17.9 Å². The van der Waals surface area contributed by atoms with Crippen molar-refractivity contribution in [2.45, 2.75) is 6.42 Å². The number of aromatic nitrogens is 1. The van der Waals surface area contributed by atoms with E-state index in [4.69, 9.17) is 5.26 Å². The molecule has 0 spiro atoms. The molecule has 1 unspecified atom stereocenters. The van der Waals surface area contributed by atoms with Gasteiger partial charge in [0.25, 0.3) is 0 Å². The van der Waals surface area contributed by atoms with Gasteiger partial charge in [-0.15, -0.1) is 0 Å². The van der Waals surface area contributed by atoms with E-state index in [9.17, 15) is 4.79 Å². The van der Waals surface area contributed by atoms with E-state index >= 15 is 0 Å². The Labute approximate surface area is 96.9 Å². The highest BCUT2D eigenvalue weighted by Crippen LogP contribution is 2.28. The van der Waals surface area contributed by atoms with Crippen molar-refractivity contribution in [3.05, 3.63) is 11.1 Å². The van der Waals surface area contributed by atoms with Crippen LogP contribution in [0.5, 0.6) is 0 Å². The van der Waals surface area contributed by atoms with Crippen LogP contribution in [0.15, 0.2) is 6.20 Å². The van der Waals surface area contributed by atoms with Crippen molar-refractivity contribution in [2.24, 2.45) is 5.92 Å². The van der Waals surface area contributed by atoms with Gasteiger partial charge in [0.1, 0.15) is 10.9 Å². The summed E-state index contributed by atoms with van der Waals surface area (Å²) >= 11 is 5.44. The lowest BCUT2D eigenvalue weighted by molar-refractivity contribution is -0.117. The van der Waals surface area contributed by atoms with Crippen molar-refractivity contribution in [2.75, 3.05) is 17.2 Å². The zero-order valence-corrected chi connectivity index (χ0v) is 9.59. The van der Waals surface area contributed by atoms with E-state index in [1.807, 2.05) is 6.07 Å². The summed E-state index contributed by atoms with van der Waals surface area (Å²) in [5.41, 5.74) is 0. The normalized spacial score (nSPS) is 20.7. The van der Waals surface area contributed by atoms with Crippen LogP contribution in [0.4, 0.5) is 5.13 Å². The number of amides is 1. The Hall–Kier alpha value is -1.06. The molecular weight excluding hydrogens is 230 g/mol. The Bertz CT molecular complexity index is 423. The quantitative estimate of drug-likeness (QED) is 0.791. The Kier molecular flexibility index (Phi) is 2.93. The van der Waals surface area contributed by atoms with E-state index in [2.05, 4.69) is 17.6 Å². The van der Waals surface area contributed by atoms with Crippen molar-refractivity contribution < 1.29 is 4.79 Å². The predicted molar refractivity (Wildman–Crippen MR) is 61.1 cm³/mol. The van der Waals surface area contributed by atoms with Gasteiger partial charge < -0.3 is 0 Å². The molecule has 1 fully saturated rings. The minimum atomic E-state index is 0.0767. The molecule has 1 atom stereocenters. The first-order valence-electron chi connectivity index (χ1n) is 4.51. The molecule has 1 aliphatic rings. The van der Waals surface area contributed by atoms with Gasteiger partial charge >= 0.3 is 0 Å². The Morgan fingerprint density at radius 3 is 3.13 bits per heavy atom. The summed E-state index contributed by atoms with van der Waals surface area (Å²) in [5, 5.41) is 9.29. The fourth-order valence-corrected chi connectivity index (χ4v) is 2.51.